The molecule has 190 valence electrons. The van der Waals surface area contributed by atoms with Crippen LogP contribution in [0.2, 0.25) is 0 Å². The third kappa shape index (κ3) is 4.82. The summed E-state index contributed by atoms with van der Waals surface area (Å²) in [5.74, 6) is 1.14. The molecular formula is C21H22F3N9O2S. The number of halogens is 3. The van der Waals surface area contributed by atoms with Crippen LogP contribution in [-0.4, -0.2) is 60.3 Å². The molecule has 0 aromatic carbocycles. The van der Waals surface area contributed by atoms with Crippen molar-refractivity contribution in [1.29, 1.82) is 0 Å². The van der Waals surface area contributed by atoms with Crippen LogP contribution in [0.25, 0.3) is 22.3 Å². The van der Waals surface area contributed by atoms with Crippen molar-refractivity contribution in [3.63, 3.8) is 0 Å². The summed E-state index contributed by atoms with van der Waals surface area (Å²) in [4.78, 5) is 12.9. The number of hydrogen-bond acceptors (Lipinski definition) is 9. The molecule has 4 aromatic rings. The summed E-state index contributed by atoms with van der Waals surface area (Å²) in [7, 11) is -3.51. The van der Waals surface area contributed by atoms with Crippen molar-refractivity contribution in [2.45, 2.75) is 44.2 Å². The topological polar surface area (TPSA) is 133 Å². The van der Waals surface area contributed by atoms with E-state index in [2.05, 4.69) is 35.8 Å². The number of fused-ring (bicyclic) bond motifs is 1. The zero-order valence-electron chi connectivity index (χ0n) is 19.2. The number of aromatic nitrogens is 7. The van der Waals surface area contributed by atoms with Crippen LogP contribution in [0.15, 0.2) is 36.9 Å². The summed E-state index contributed by atoms with van der Waals surface area (Å²) < 4.78 is 65.4. The van der Waals surface area contributed by atoms with E-state index in [9.17, 15) is 21.6 Å². The van der Waals surface area contributed by atoms with Crippen LogP contribution in [0.4, 0.5) is 30.6 Å². The number of hydrogen-bond donors (Lipinski definition) is 2. The van der Waals surface area contributed by atoms with Gasteiger partial charge in [0.1, 0.15) is 18.2 Å². The standard InChI is InChI=1S/C21H22F3N9O2S/c1-12(2)33-16-7-18(26-9-15(16)20(31-33)27-11-21(22,23)24)29-17-5-6-25-19(30-17)13-8-28-32(10-13)36(34,35)14-3-4-14/h5-10,12,14H,3-4,11H2,1-2H3,(H,27,31)(H,25,26,29,30). The highest BCUT2D eigenvalue weighted by atomic mass is 32.2. The van der Waals surface area contributed by atoms with Gasteiger partial charge in [-0.25, -0.2) is 23.4 Å². The molecule has 0 spiro atoms. The third-order valence-corrected chi connectivity index (χ3v) is 7.51. The van der Waals surface area contributed by atoms with Gasteiger partial charge in [0, 0.05) is 24.5 Å². The lowest BCUT2D eigenvalue weighted by Gasteiger charge is -2.09. The van der Waals surface area contributed by atoms with Crippen LogP contribution in [0.5, 0.6) is 0 Å². The van der Waals surface area contributed by atoms with Crippen molar-refractivity contribution in [3.8, 4) is 11.4 Å². The molecule has 0 amide bonds. The lowest BCUT2D eigenvalue weighted by molar-refractivity contribution is -0.115. The zero-order chi connectivity index (χ0) is 25.7. The summed E-state index contributed by atoms with van der Waals surface area (Å²) in [6, 6.07) is 3.17. The molecule has 1 aliphatic rings. The highest BCUT2D eigenvalue weighted by Gasteiger charge is 2.37. The van der Waals surface area contributed by atoms with Crippen LogP contribution in [0.3, 0.4) is 0 Å². The predicted octanol–water partition coefficient (Wildman–Crippen LogP) is 3.72. The summed E-state index contributed by atoms with van der Waals surface area (Å²) in [6.07, 6.45) is 2.59. The first-order valence-electron chi connectivity index (χ1n) is 11.1. The second-order valence-corrected chi connectivity index (χ2v) is 10.7. The molecule has 2 N–H and O–H groups in total. The Bertz CT molecular complexity index is 1530. The maximum atomic E-state index is 12.7. The first kappa shape index (κ1) is 24.0. The Balaban J connectivity index is 1.41. The molecule has 11 nitrogen and oxygen atoms in total. The molecule has 0 bridgehead atoms. The average Bonchev–Trinajstić information content (AvgIpc) is 3.44. The average molecular weight is 522 g/mol. The van der Waals surface area contributed by atoms with E-state index >= 15 is 0 Å². The molecule has 36 heavy (non-hydrogen) atoms. The van der Waals surface area contributed by atoms with Crippen molar-refractivity contribution in [3.05, 3.63) is 36.9 Å². The van der Waals surface area contributed by atoms with E-state index in [0.717, 1.165) is 4.09 Å². The van der Waals surface area contributed by atoms with Crippen molar-refractivity contribution in [1.82, 2.24) is 33.9 Å². The van der Waals surface area contributed by atoms with E-state index < -0.39 is 28.0 Å². The SMILES string of the molecule is CC(C)n1nc(NCC(F)(F)F)c2cnc(Nc3ccnc(-c4cnn(S(=O)(=O)C5CC5)c4)n3)cc21. The van der Waals surface area contributed by atoms with Gasteiger partial charge in [-0.3, -0.25) is 4.68 Å². The van der Waals surface area contributed by atoms with Crippen LogP contribution in [-0.2, 0) is 10.0 Å². The first-order chi connectivity index (χ1) is 17.0. The Morgan fingerprint density at radius 2 is 1.94 bits per heavy atom. The molecule has 4 aromatic heterocycles. The molecule has 0 radical (unpaired) electrons. The lowest BCUT2D eigenvalue weighted by Crippen LogP contribution is -2.21. The lowest BCUT2D eigenvalue weighted by atomic mass is 10.3. The summed E-state index contributed by atoms with van der Waals surface area (Å²) in [6.45, 7) is 2.53. The quantitative estimate of drug-likeness (QED) is 0.356. The van der Waals surface area contributed by atoms with Gasteiger partial charge in [0.15, 0.2) is 11.6 Å². The van der Waals surface area contributed by atoms with E-state index in [1.807, 2.05) is 13.8 Å². The minimum absolute atomic E-state index is 0.0950. The van der Waals surface area contributed by atoms with Crippen LogP contribution < -0.4 is 10.6 Å². The monoisotopic (exact) mass is 521 g/mol. The van der Waals surface area contributed by atoms with Crippen LogP contribution >= 0.6 is 0 Å². The molecule has 0 saturated heterocycles. The normalized spacial score (nSPS) is 14.5. The number of nitrogens with one attached hydrogen (secondary N) is 2. The van der Waals surface area contributed by atoms with Gasteiger partial charge in [-0.1, -0.05) is 0 Å². The highest BCUT2D eigenvalue weighted by molar-refractivity contribution is 7.90. The molecule has 5 rings (SSSR count). The number of alkyl halides is 3. The van der Waals surface area contributed by atoms with E-state index in [-0.39, 0.29) is 17.7 Å². The Hall–Kier alpha value is -3.75. The molecule has 15 heteroatoms. The van der Waals surface area contributed by atoms with E-state index in [0.29, 0.717) is 40.9 Å². The van der Waals surface area contributed by atoms with Gasteiger partial charge in [-0.15, -0.1) is 0 Å². The molecule has 4 heterocycles. The number of pyridine rings is 1. The summed E-state index contributed by atoms with van der Waals surface area (Å²) in [5.41, 5.74) is 1.03. The molecule has 1 aliphatic carbocycles. The van der Waals surface area contributed by atoms with Gasteiger partial charge >= 0.3 is 6.18 Å². The van der Waals surface area contributed by atoms with Gasteiger partial charge in [0.05, 0.1) is 34.1 Å². The van der Waals surface area contributed by atoms with E-state index in [1.54, 1.807) is 16.8 Å². The second-order valence-electron chi connectivity index (χ2n) is 8.68. The number of anilines is 3. The minimum Gasteiger partial charge on any atom is -0.359 e. The summed E-state index contributed by atoms with van der Waals surface area (Å²) in [5, 5.41) is 13.7. The zero-order valence-corrected chi connectivity index (χ0v) is 20.0. The highest BCUT2D eigenvalue weighted by Crippen LogP contribution is 2.31. The Morgan fingerprint density at radius 1 is 1.17 bits per heavy atom. The van der Waals surface area contributed by atoms with Gasteiger partial charge in [0.25, 0.3) is 10.0 Å². The molecule has 0 aliphatic heterocycles. The number of nitrogens with zero attached hydrogens (tertiary/aromatic N) is 7. The molecule has 0 atom stereocenters. The predicted molar refractivity (Wildman–Crippen MR) is 126 cm³/mol. The smallest absolute Gasteiger partial charge is 0.359 e. The van der Waals surface area contributed by atoms with Gasteiger partial charge in [-0.05, 0) is 32.8 Å². The fourth-order valence-electron chi connectivity index (χ4n) is 3.59. The fraction of sp³-hybridized carbons (Fsp3) is 0.381. The largest absolute Gasteiger partial charge is 0.405 e. The first-order valence-corrected chi connectivity index (χ1v) is 12.6. The van der Waals surface area contributed by atoms with Crippen molar-refractivity contribution in [2.24, 2.45) is 0 Å². The van der Waals surface area contributed by atoms with Crippen molar-refractivity contribution < 1.29 is 21.6 Å². The van der Waals surface area contributed by atoms with Gasteiger partial charge < -0.3 is 10.6 Å². The molecule has 1 saturated carbocycles. The maximum absolute atomic E-state index is 12.7. The van der Waals surface area contributed by atoms with E-state index in [4.69, 9.17) is 0 Å². The van der Waals surface area contributed by atoms with Crippen LogP contribution in [0, 0.1) is 0 Å². The van der Waals surface area contributed by atoms with Crippen LogP contribution in [0.1, 0.15) is 32.7 Å². The fourth-order valence-corrected chi connectivity index (χ4v) is 5.06. The Kier molecular flexibility index (Phi) is 5.81. The molecule has 0 unspecified atom stereocenters. The number of rotatable bonds is 8. The Morgan fingerprint density at radius 3 is 2.64 bits per heavy atom. The third-order valence-electron chi connectivity index (χ3n) is 5.47. The molecule has 1 fully saturated rings. The maximum Gasteiger partial charge on any atom is 0.405 e. The van der Waals surface area contributed by atoms with Gasteiger partial charge in [0.2, 0.25) is 0 Å². The summed E-state index contributed by atoms with van der Waals surface area (Å²) >= 11 is 0. The molecular weight excluding hydrogens is 499 g/mol. The van der Waals surface area contributed by atoms with Gasteiger partial charge in [-0.2, -0.15) is 27.5 Å². The second kappa shape index (κ2) is 8.72. The van der Waals surface area contributed by atoms with Crippen molar-refractivity contribution in [2.75, 3.05) is 17.2 Å². The minimum atomic E-state index is -4.38. The van der Waals surface area contributed by atoms with E-state index in [1.165, 1.54) is 24.8 Å². The van der Waals surface area contributed by atoms with Crippen molar-refractivity contribution >= 4 is 38.4 Å². The Labute approximate surface area is 203 Å².